The quantitative estimate of drug-likeness (QED) is 0.382. The summed E-state index contributed by atoms with van der Waals surface area (Å²) in [5.41, 5.74) is 0.544. The maximum Gasteiger partial charge on any atom is 0.321 e. The number of halogens is 1. The van der Waals surface area contributed by atoms with Crippen molar-refractivity contribution >= 4 is 50.6 Å². The molecule has 0 aliphatic heterocycles. The van der Waals surface area contributed by atoms with Gasteiger partial charge in [0.1, 0.15) is 0 Å². The van der Waals surface area contributed by atoms with E-state index >= 15 is 0 Å². The normalized spacial score (nSPS) is 11.4. The zero-order chi connectivity index (χ0) is 23.8. The van der Waals surface area contributed by atoms with E-state index in [1.807, 2.05) is 0 Å². The number of methoxy groups -OCH3 is 2. The molecule has 33 heavy (non-hydrogen) atoms. The Hall–Kier alpha value is -3.48. The van der Waals surface area contributed by atoms with Gasteiger partial charge in [-0.05, 0) is 54.7 Å². The van der Waals surface area contributed by atoms with Crippen LogP contribution >= 0.6 is 23.8 Å². The summed E-state index contributed by atoms with van der Waals surface area (Å²) in [5, 5.41) is 0.753. The van der Waals surface area contributed by atoms with Gasteiger partial charge in [-0.25, -0.2) is 8.42 Å². The monoisotopic (exact) mass is 505 g/mol. The lowest BCUT2D eigenvalue weighted by Gasteiger charge is -2.11. The number of aromatic nitrogens is 4. The molecule has 0 atom stereocenters. The molecule has 10 nitrogen and oxygen atoms in total. The molecule has 0 aliphatic carbocycles. The minimum Gasteiger partial charge on any atom is -0.481 e. The van der Waals surface area contributed by atoms with Crippen LogP contribution in [0.2, 0.25) is 5.02 Å². The molecule has 0 fully saturated rings. The first-order chi connectivity index (χ1) is 15.7. The fraction of sp³-hybridized carbons (Fsp3) is 0.100. The number of benzene rings is 2. The highest BCUT2D eigenvalue weighted by molar-refractivity contribution is 7.92. The van der Waals surface area contributed by atoms with Crippen molar-refractivity contribution < 1.29 is 17.9 Å². The highest BCUT2D eigenvalue weighted by Crippen LogP contribution is 2.22. The first-order valence-electron chi connectivity index (χ1n) is 9.27. The Morgan fingerprint density at radius 1 is 1.06 bits per heavy atom. The third kappa shape index (κ3) is 4.53. The van der Waals surface area contributed by atoms with E-state index in [1.165, 1.54) is 55.2 Å². The van der Waals surface area contributed by atoms with Crippen molar-refractivity contribution in [1.29, 1.82) is 0 Å². The van der Waals surface area contributed by atoms with Crippen molar-refractivity contribution in [2.24, 2.45) is 0 Å². The molecule has 4 rings (SSSR count). The molecule has 2 N–H and O–H groups in total. The minimum atomic E-state index is -4.01. The Morgan fingerprint density at radius 3 is 2.45 bits per heavy atom. The number of rotatable bonds is 6. The Morgan fingerprint density at radius 2 is 1.79 bits per heavy atom. The van der Waals surface area contributed by atoms with E-state index in [1.54, 1.807) is 12.1 Å². The van der Waals surface area contributed by atoms with Gasteiger partial charge in [-0.3, -0.25) is 14.1 Å². The topological polar surface area (TPSA) is 128 Å². The van der Waals surface area contributed by atoms with Crippen LogP contribution in [-0.4, -0.2) is 42.2 Å². The molecule has 2 aromatic heterocycles. The van der Waals surface area contributed by atoms with Gasteiger partial charge in [0.25, 0.3) is 15.6 Å². The van der Waals surface area contributed by atoms with Gasteiger partial charge in [0, 0.05) is 11.1 Å². The maximum absolute atomic E-state index is 13.0. The lowest BCUT2D eigenvalue weighted by Crippen LogP contribution is -2.20. The first-order valence-corrected chi connectivity index (χ1v) is 11.5. The van der Waals surface area contributed by atoms with Gasteiger partial charge in [-0.15, -0.1) is 0 Å². The summed E-state index contributed by atoms with van der Waals surface area (Å²) in [5.74, 6) is 0.0905. The molecule has 0 aliphatic rings. The van der Waals surface area contributed by atoms with Gasteiger partial charge in [-0.1, -0.05) is 11.6 Å². The largest absolute Gasteiger partial charge is 0.481 e. The fourth-order valence-electron chi connectivity index (χ4n) is 3.04. The highest BCUT2D eigenvalue weighted by atomic mass is 35.5. The Labute approximate surface area is 197 Å². The van der Waals surface area contributed by atoms with Crippen LogP contribution in [0.4, 0.5) is 5.82 Å². The second kappa shape index (κ2) is 8.81. The summed E-state index contributed by atoms with van der Waals surface area (Å²) in [4.78, 5) is 23.8. The molecule has 0 saturated carbocycles. The third-order valence-corrected chi connectivity index (χ3v) is 6.47. The van der Waals surface area contributed by atoms with Gasteiger partial charge >= 0.3 is 6.01 Å². The fourth-order valence-corrected chi connectivity index (χ4v) is 4.51. The van der Waals surface area contributed by atoms with Gasteiger partial charge in [0.2, 0.25) is 5.88 Å². The average molecular weight is 506 g/mol. The van der Waals surface area contributed by atoms with Crippen molar-refractivity contribution in [3.8, 4) is 17.6 Å². The second-order valence-electron chi connectivity index (χ2n) is 6.64. The van der Waals surface area contributed by atoms with Crippen molar-refractivity contribution in [3.63, 3.8) is 0 Å². The Balaban J connectivity index is 1.70. The molecule has 0 bridgehead atoms. The zero-order valence-corrected chi connectivity index (χ0v) is 19.6. The van der Waals surface area contributed by atoms with Crippen LogP contribution in [-0.2, 0) is 10.0 Å². The maximum atomic E-state index is 13.0. The Bertz CT molecular complexity index is 1560. The van der Waals surface area contributed by atoms with Crippen LogP contribution < -0.4 is 19.8 Å². The molecule has 2 heterocycles. The summed E-state index contributed by atoms with van der Waals surface area (Å²) in [7, 11) is -1.29. The molecule has 4 aromatic rings. The summed E-state index contributed by atoms with van der Waals surface area (Å²) in [6.07, 6.45) is 0. The predicted octanol–water partition coefficient (Wildman–Crippen LogP) is 3.31. The number of anilines is 1. The molecule has 2 aromatic carbocycles. The Kier molecular flexibility index (Phi) is 6.06. The van der Waals surface area contributed by atoms with Crippen LogP contribution in [0.25, 0.3) is 16.6 Å². The molecule has 0 unspecified atom stereocenters. The van der Waals surface area contributed by atoms with E-state index in [-0.39, 0.29) is 32.9 Å². The molecule has 0 amide bonds. The number of hydrogen-bond donors (Lipinski definition) is 2. The summed E-state index contributed by atoms with van der Waals surface area (Å²) in [6, 6.07) is 11.7. The van der Waals surface area contributed by atoms with Gasteiger partial charge in [0.15, 0.2) is 10.6 Å². The van der Waals surface area contributed by atoms with E-state index < -0.39 is 10.0 Å². The summed E-state index contributed by atoms with van der Waals surface area (Å²) in [6.45, 7) is 0. The lowest BCUT2D eigenvalue weighted by molar-refractivity contribution is 0.353. The number of ether oxygens (including phenoxy) is 2. The highest BCUT2D eigenvalue weighted by Gasteiger charge is 2.17. The number of sulfonamides is 1. The smallest absolute Gasteiger partial charge is 0.321 e. The molecular formula is C20H16ClN5O5S2. The second-order valence-corrected chi connectivity index (χ2v) is 9.15. The van der Waals surface area contributed by atoms with Crippen molar-refractivity contribution in [1.82, 2.24) is 19.5 Å². The average Bonchev–Trinajstić information content (AvgIpc) is 2.79. The third-order valence-electron chi connectivity index (χ3n) is 4.58. The number of aromatic amines is 1. The molecule has 13 heteroatoms. The first kappa shape index (κ1) is 22.7. The molecule has 0 radical (unpaired) electrons. The lowest BCUT2D eigenvalue weighted by atomic mass is 10.2. The van der Waals surface area contributed by atoms with Crippen molar-refractivity contribution in [2.75, 3.05) is 18.9 Å². The van der Waals surface area contributed by atoms with Gasteiger partial charge in [0.05, 0.1) is 35.7 Å². The predicted molar refractivity (Wildman–Crippen MR) is 126 cm³/mol. The van der Waals surface area contributed by atoms with Crippen LogP contribution in [0, 0.1) is 4.77 Å². The van der Waals surface area contributed by atoms with Gasteiger partial charge < -0.3 is 14.5 Å². The van der Waals surface area contributed by atoms with Gasteiger partial charge in [-0.2, -0.15) is 9.97 Å². The van der Waals surface area contributed by atoms with Crippen molar-refractivity contribution in [2.45, 2.75) is 4.90 Å². The van der Waals surface area contributed by atoms with Crippen LogP contribution in [0.5, 0.6) is 11.9 Å². The van der Waals surface area contributed by atoms with E-state index in [2.05, 4.69) is 19.7 Å². The standard InChI is InChI=1S/C20H16ClN5O5S2/c1-30-17-10-16(23-19(24-17)31-2)25-33(28,29)13-6-4-12(5-7-13)26-18(27)14-9-11(21)3-8-15(14)22-20(26)32/h3-10H,1-2H3,(H,22,32)(H,23,24,25). The number of H-pyrrole nitrogens is 1. The number of nitrogens with zero attached hydrogens (tertiary/aromatic N) is 3. The van der Waals surface area contributed by atoms with E-state index in [0.717, 1.165) is 0 Å². The van der Waals surface area contributed by atoms with Crippen LogP contribution in [0.3, 0.4) is 0 Å². The minimum absolute atomic E-state index is 0.0344. The zero-order valence-electron chi connectivity index (χ0n) is 17.2. The molecule has 170 valence electrons. The van der Waals surface area contributed by atoms with E-state index in [9.17, 15) is 13.2 Å². The molecule has 0 saturated heterocycles. The summed E-state index contributed by atoms with van der Waals surface area (Å²) < 4.78 is 39.4. The molecular weight excluding hydrogens is 490 g/mol. The number of nitrogens with one attached hydrogen (secondary N) is 2. The summed E-state index contributed by atoms with van der Waals surface area (Å²) >= 11 is 11.3. The van der Waals surface area contributed by atoms with Crippen LogP contribution in [0.1, 0.15) is 0 Å². The molecule has 0 spiro atoms. The van der Waals surface area contributed by atoms with Crippen LogP contribution in [0.15, 0.2) is 58.2 Å². The SMILES string of the molecule is COc1cc(NS(=O)(=O)c2ccc(-n3c(=S)[nH]c4ccc(Cl)cc4c3=O)cc2)nc(OC)n1. The number of fused-ring (bicyclic) bond motifs is 1. The van der Waals surface area contributed by atoms with Crippen molar-refractivity contribution in [3.05, 3.63) is 68.7 Å². The van der Waals surface area contributed by atoms with E-state index in [4.69, 9.17) is 33.3 Å². The number of hydrogen-bond acceptors (Lipinski definition) is 8. The van der Waals surface area contributed by atoms with E-state index in [0.29, 0.717) is 21.6 Å².